The van der Waals surface area contributed by atoms with Crippen molar-refractivity contribution in [3.63, 3.8) is 0 Å². The van der Waals surface area contributed by atoms with Gasteiger partial charge in [0.1, 0.15) is 12.5 Å². The predicted molar refractivity (Wildman–Crippen MR) is 103 cm³/mol. The van der Waals surface area contributed by atoms with Gasteiger partial charge in [0, 0.05) is 6.54 Å². The van der Waals surface area contributed by atoms with Crippen LogP contribution < -0.4 is 0 Å². The Morgan fingerprint density at radius 3 is 2.12 bits per heavy atom. The van der Waals surface area contributed by atoms with Crippen molar-refractivity contribution in [2.75, 3.05) is 6.54 Å². The van der Waals surface area contributed by atoms with Crippen LogP contribution in [0.1, 0.15) is 35.4 Å². The zero-order chi connectivity index (χ0) is 24.4. The van der Waals surface area contributed by atoms with E-state index in [1.54, 1.807) is 30.3 Å². The van der Waals surface area contributed by atoms with Gasteiger partial charge in [0.05, 0.1) is 5.56 Å². The van der Waals surface area contributed by atoms with Crippen LogP contribution in [-0.2, 0) is 22.3 Å². The molecule has 5 nitrogen and oxygen atoms in total. The third-order valence-electron chi connectivity index (χ3n) is 5.59. The number of benzene rings is 2. The van der Waals surface area contributed by atoms with Gasteiger partial charge in [-0.15, -0.1) is 0 Å². The summed E-state index contributed by atoms with van der Waals surface area (Å²) in [5.74, 6) is -4.68. The zero-order valence-electron chi connectivity index (χ0n) is 17.0. The second-order valence-electron chi connectivity index (χ2n) is 7.62. The monoisotopic (exact) mass is 475 g/mol. The molecular weight excluding hydrogens is 456 g/mol. The highest BCUT2D eigenvalue weighted by Crippen LogP contribution is 2.50. The molecular formula is C22H19F6NO4. The summed E-state index contributed by atoms with van der Waals surface area (Å²) in [6.45, 7) is -0.601. The average molecular weight is 475 g/mol. The van der Waals surface area contributed by atoms with Crippen LogP contribution in [0.2, 0.25) is 0 Å². The molecule has 0 unspecified atom stereocenters. The summed E-state index contributed by atoms with van der Waals surface area (Å²) in [5, 5.41) is 9.92. The van der Waals surface area contributed by atoms with Crippen LogP contribution in [0, 0.1) is 0 Å². The molecule has 1 fully saturated rings. The first-order valence-corrected chi connectivity index (χ1v) is 9.83. The standard InChI is InChI=1S/C22H19F6NO4/c23-21(24,25)16-9-7-15(8-10-16)17(22(26,27)28)20(18(30)31)11-4-12-29(20)19(32)33-13-14-5-2-1-3-6-14/h1-3,5-10,17H,4,11-13H2,(H,30,31)/t17-,20+/m1/s1. The van der Waals surface area contributed by atoms with E-state index in [-0.39, 0.29) is 19.6 Å². The molecule has 0 aromatic heterocycles. The Balaban J connectivity index is 1.99. The van der Waals surface area contributed by atoms with Crippen molar-refractivity contribution in [3.05, 3.63) is 71.3 Å². The second-order valence-corrected chi connectivity index (χ2v) is 7.62. The maximum atomic E-state index is 14.2. The molecule has 1 aliphatic heterocycles. The van der Waals surface area contributed by atoms with Crippen molar-refractivity contribution >= 4 is 12.1 Å². The SMILES string of the molecule is O=C(OCc1ccccc1)N1CCC[C@@]1(C(=O)O)[C@@H](c1ccc(C(F)(F)F)cc1)C(F)(F)F. The molecule has 11 heteroatoms. The van der Waals surface area contributed by atoms with Crippen LogP contribution in [0.5, 0.6) is 0 Å². The van der Waals surface area contributed by atoms with E-state index < -0.39 is 53.4 Å². The molecule has 3 rings (SSSR count). The Morgan fingerprint density at radius 1 is 1.00 bits per heavy atom. The van der Waals surface area contributed by atoms with Crippen LogP contribution in [0.15, 0.2) is 54.6 Å². The molecule has 1 aliphatic rings. The molecule has 1 N–H and O–H groups in total. The number of carboxylic acids is 1. The number of carboxylic acid groups (broad SMARTS) is 1. The van der Waals surface area contributed by atoms with Crippen molar-refractivity contribution in [1.29, 1.82) is 0 Å². The van der Waals surface area contributed by atoms with Crippen molar-refractivity contribution in [3.8, 4) is 0 Å². The summed E-state index contributed by atoms with van der Waals surface area (Å²) < 4.78 is 86.3. The van der Waals surface area contributed by atoms with Crippen molar-refractivity contribution in [2.45, 2.75) is 43.3 Å². The van der Waals surface area contributed by atoms with Gasteiger partial charge in [-0.1, -0.05) is 42.5 Å². The van der Waals surface area contributed by atoms with Gasteiger partial charge in [-0.2, -0.15) is 26.3 Å². The van der Waals surface area contributed by atoms with E-state index in [1.807, 2.05) is 0 Å². The van der Waals surface area contributed by atoms with Gasteiger partial charge in [0.15, 0.2) is 5.54 Å². The van der Waals surface area contributed by atoms with Gasteiger partial charge in [0.25, 0.3) is 0 Å². The number of carbonyl (C=O) groups excluding carboxylic acids is 1. The number of ether oxygens (including phenoxy) is 1. The molecule has 0 radical (unpaired) electrons. The number of rotatable bonds is 5. The predicted octanol–water partition coefficient (Wildman–Crippen LogP) is 5.61. The Labute approximate surface area is 184 Å². The molecule has 1 amide bonds. The minimum absolute atomic E-state index is 0.0556. The normalized spacial score (nSPS) is 19.9. The molecule has 2 aromatic carbocycles. The van der Waals surface area contributed by atoms with E-state index >= 15 is 0 Å². The summed E-state index contributed by atoms with van der Waals surface area (Å²) in [4.78, 5) is 25.5. The zero-order valence-corrected chi connectivity index (χ0v) is 17.0. The molecule has 1 saturated heterocycles. The molecule has 33 heavy (non-hydrogen) atoms. The highest BCUT2D eigenvalue weighted by molar-refractivity contribution is 5.87. The van der Waals surface area contributed by atoms with E-state index in [2.05, 4.69) is 0 Å². The van der Waals surface area contributed by atoms with Gasteiger partial charge in [-0.3, -0.25) is 4.90 Å². The number of halogens is 6. The number of hydrogen-bond acceptors (Lipinski definition) is 3. The van der Waals surface area contributed by atoms with Crippen LogP contribution in [0.4, 0.5) is 31.1 Å². The lowest BCUT2D eigenvalue weighted by atomic mass is 9.76. The highest BCUT2D eigenvalue weighted by atomic mass is 19.4. The lowest BCUT2D eigenvalue weighted by molar-refractivity contribution is -0.191. The third-order valence-corrected chi connectivity index (χ3v) is 5.59. The lowest BCUT2D eigenvalue weighted by Crippen LogP contribution is -2.60. The van der Waals surface area contributed by atoms with E-state index in [1.165, 1.54) is 0 Å². The highest BCUT2D eigenvalue weighted by Gasteiger charge is 2.64. The lowest BCUT2D eigenvalue weighted by Gasteiger charge is -2.41. The van der Waals surface area contributed by atoms with Crippen molar-refractivity contribution < 1.29 is 45.8 Å². The maximum Gasteiger partial charge on any atom is 0.416 e. The Hall–Kier alpha value is -3.24. The number of amides is 1. The molecule has 0 saturated carbocycles. The Bertz CT molecular complexity index is 991. The summed E-state index contributed by atoms with van der Waals surface area (Å²) in [7, 11) is 0. The number of carbonyl (C=O) groups is 2. The fraction of sp³-hybridized carbons (Fsp3) is 0.364. The van der Waals surface area contributed by atoms with Crippen molar-refractivity contribution in [2.24, 2.45) is 0 Å². The summed E-state index contributed by atoms with van der Waals surface area (Å²) in [6.07, 6.45) is -11.8. The number of nitrogens with zero attached hydrogens (tertiary/aromatic N) is 1. The van der Waals surface area contributed by atoms with Crippen LogP contribution in [0.3, 0.4) is 0 Å². The van der Waals surface area contributed by atoms with Crippen molar-refractivity contribution in [1.82, 2.24) is 4.90 Å². The number of aliphatic carboxylic acids is 1. The molecule has 178 valence electrons. The number of alkyl halides is 6. The first-order valence-electron chi connectivity index (χ1n) is 9.83. The summed E-state index contributed by atoms with van der Waals surface area (Å²) in [6, 6.07) is 10.3. The molecule has 2 atom stereocenters. The fourth-order valence-corrected chi connectivity index (χ4v) is 4.14. The maximum absolute atomic E-state index is 14.2. The van der Waals surface area contributed by atoms with E-state index in [9.17, 15) is 41.0 Å². The molecule has 0 aliphatic carbocycles. The quantitative estimate of drug-likeness (QED) is 0.572. The molecule has 0 bridgehead atoms. The van der Waals surface area contributed by atoms with Crippen LogP contribution in [-0.4, -0.2) is 40.3 Å². The fourth-order valence-electron chi connectivity index (χ4n) is 4.14. The van der Waals surface area contributed by atoms with Crippen LogP contribution >= 0.6 is 0 Å². The molecule has 0 spiro atoms. The van der Waals surface area contributed by atoms with Gasteiger partial charge in [0.2, 0.25) is 0 Å². The van der Waals surface area contributed by atoms with Gasteiger partial charge >= 0.3 is 24.4 Å². The van der Waals surface area contributed by atoms with Gasteiger partial charge in [-0.25, -0.2) is 9.59 Å². The molecule has 1 heterocycles. The first-order chi connectivity index (χ1) is 15.4. The number of likely N-dealkylation sites (tertiary alicyclic amines) is 1. The third kappa shape index (κ3) is 4.91. The topological polar surface area (TPSA) is 66.8 Å². The summed E-state index contributed by atoms with van der Waals surface area (Å²) >= 11 is 0. The first kappa shape index (κ1) is 24.4. The smallest absolute Gasteiger partial charge is 0.416 e. The Morgan fingerprint density at radius 2 is 1.61 bits per heavy atom. The minimum Gasteiger partial charge on any atom is -0.479 e. The largest absolute Gasteiger partial charge is 0.479 e. The van der Waals surface area contributed by atoms with Gasteiger partial charge < -0.3 is 9.84 Å². The van der Waals surface area contributed by atoms with E-state index in [0.717, 1.165) is 0 Å². The van der Waals surface area contributed by atoms with E-state index in [0.29, 0.717) is 34.7 Å². The summed E-state index contributed by atoms with van der Waals surface area (Å²) in [5.41, 5.74) is -4.10. The number of hydrogen-bond donors (Lipinski definition) is 1. The average Bonchev–Trinajstić information content (AvgIpc) is 3.17. The van der Waals surface area contributed by atoms with E-state index in [4.69, 9.17) is 4.74 Å². The second kappa shape index (κ2) is 8.95. The minimum atomic E-state index is -5.18. The van der Waals surface area contributed by atoms with Gasteiger partial charge in [-0.05, 0) is 36.1 Å². The Kier molecular flexibility index (Phi) is 6.62. The van der Waals surface area contributed by atoms with Crippen LogP contribution in [0.25, 0.3) is 0 Å². The molecule has 2 aromatic rings.